The number of rotatable bonds is 6. The van der Waals surface area contributed by atoms with E-state index in [1.165, 1.54) is 4.90 Å². The fraction of sp³-hybridized carbons (Fsp3) is 0.412. The number of nitrogens with one attached hydrogen (secondary N) is 2. The van der Waals surface area contributed by atoms with Crippen molar-refractivity contribution in [2.75, 3.05) is 37.7 Å². The maximum absolute atomic E-state index is 12.4. The quantitative estimate of drug-likeness (QED) is 0.467. The molecule has 10 nitrogen and oxygen atoms in total. The summed E-state index contributed by atoms with van der Waals surface area (Å²) in [6.45, 7) is 2.14. The van der Waals surface area contributed by atoms with Gasteiger partial charge in [-0.3, -0.25) is 29.1 Å². The van der Waals surface area contributed by atoms with Gasteiger partial charge in [0.15, 0.2) is 6.29 Å². The van der Waals surface area contributed by atoms with E-state index < -0.39 is 36.5 Å². The van der Waals surface area contributed by atoms with Crippen molar-refractivity contribution in [3.05, 3.63) is 30.3 Å². The maximum atomic E-state index is 12.4. The number of hydrazine groups is 1. The van der Waals surface area contributed by atoms with Crippen LogP contribution < -0.4 is 15.6 Å². The number of nitrogens with zero attached hydrogens (tertiary/aromatic N) is 3. The van der Waals surface area contributed by atoms with Gasteiger partial charge >= 0.3 is 17.8 Å². The van der Waals surface area contributed by atoms with Gasteiger partial charge in [-0.15, -0.1) is 0 Å². The van der Waals surface area contributed by atoms with Crippen LogP contribution in [0.5, 0.6) is 0 Å². The number of amides is 3. The first-order valence-electron chi connectivity index (χ1n) is 8.64. The number of fused-ring (bicyclic) bond motifs is 1. The lowest BCUT2D eigenvalue weighted by Crippen LogP contribution is -2.68. The van der Waals surface area contributed by atoms with E-state index >= 15 is 0 Å². The molecule has 0 saturated carbocycles. The zero-order valence-corrected chi connectivity index (χ0v) is 14.9. The molecule has 1 aromatic rings. The lowest BCUT2D eigenvalue weighted by Gasteiger charge is -2.40. The number of carbonyl (C=O) groups excluding carboxylic acids is 4. The highest BCUT2D eigenvalue weighted by Gasteiger charge is 2.45. The molecule has 27 heavy (non-hydrogen) atoms. The first-order valence-corrected chi connectivity index (χ1v) is 8.64. The van der Waals surface area contributed by atoms with E-state index in [1.807, 2.05) is 35.2 Å². The monoisotopic (exact) mass is 375 g/mol. The largest absolute Gasteiger partial charge is 0.465 e. The summed E-state index contributed by atoms with van der Waals surface area (Å²) < 4.78 is 4.72. The predicted octanol–water partition coefficient (Wildman–Crippen LogP) is -1.36. The fourth-order valence-electron chi connectivity index (χ4n) is 3.01. The van der Waals surface area contributed by atoms with Crippen LogP contribution in [0.2, 0.25) is 0 Å². The number of ether oxygens (including phenoxy) is 1. The zero-order valence-electron chi connectivity index (χ0n) is 14.9. The molecule has 3 amide bonds. The van der Waals surface area contributed by atoms with Crippen LogP contribution in [-0.2, 0) is 23.9 Å². The average molecular weight is 375 g/mol. The number of esters is 1. The van der Waals surface area contributed by atoms with E-state index in [2.05, 4.69) is 10.7 Å². The minimum absolute atomic E-state index is 0.211. The molecule has 0 bridgehead atoms. The second-order valence-corrected chi connectivity index (χ2v) is 6.00. The Morgan fingerprint density at radius 1 is 1.15 bits per heavy atom. The Labute approximate surface area is 156 Å². The molecule has 10 heteroatoms. The molecule has 0 radical (unpaired) electrons. The van der Waals surface area contributed by atoms with Gasteiger partial charge in [0.1, 0.15) is 13.1 Å². The van der Waals surface area contributed by atoms with Crippen molar-refractivity contribution >= 4 is 29.4 Å². The van der Waals surface area contributed by atoms with Crippen LogP contribution in [0.3, 0.4) is 0 Å². The molecule has 1 atom stereocenters. The molecule has 1 unspecified atom stereocenters. The Kier molecular flexibility index (Phi) is 5.55. The minimum atomic E-state index is -0.813. The van der Waals surface area contributed by atoms with Gasteiger partial charge in [-0.2, -0.15) is 5.43 Å². The van der Waals surface area contributed by atoms with Crippen molar-refractivity contribution in [1.82, 2.24) is 20.7 Å². The number of para-hydroxylation sites is 1. The third kappa shape index (κ3) is 4.00. The zero-order chi connectivity index (χ0) is 19.4. The van der Waals surface area contributed by atoms with Crippen LogP contribution in [0, 0.1) is 0 Å². The molecule has 0 spiro atoms. The highest BCUT2D eigenvalue weighted by molar-refractivity contribution is 6.35. The van der Waals surface area contributed by atoms with Crippen molar-refractivity contribution in [2.45, 2.75) is 13.2 Å². The predicted molar refractivity (Wildman–Crippen MR) is 93.8 cm³/mol. The number of anilines is 1. The van der Waals surface area contributed by atoms with Crippen LogP contribution in [0.15, 0.2) is 30.3 Å². The molecular weight excluding hydrogens is 354 g/mol. The van der Waals surface area contributed by atoms with E-state index in [-0.39, 0.29) is 13.2 Å². The van der Waals surface area contributed by atoms with Crippen molar-refractivity contribution in [2.24, 2.45) is 0 Å². The van der Waals surface area contributed by atoms with E-state index in [0.29, 0.717) is 13.1 Å². The summed E-state index contributed by atoms with van der Waals surface area (Å²) in [5.74, 6) is -2.63. The smallest absolute Gasteiger partial charge is 0.326 e. The second-order valence-electron chi connectivity index (χ2n) is 6.00. The van der Waals surface area contributed by atoms with Crippen molar-refractivity contribution < 1.29 is 23.9 Å². The fourth-order valence-corrected chi connectivity index (χ4v) is 3.01. The Bertz CT molecular complexity index is 740. The lowest BCUT2D eigenvalue weighted by atomic mass is 10.3. The first kappa shape index (κ1) is 18.6. The molecule has 2 aliphatic heterocycles. The molecule has 2 saturated heterocycles. The first-order chi connectivity index (χ1) is 13.0. The topological polar surface area (TPSA) is 111 Å². The summed E-state index contributed by atoms with van der Waals surface area (Å²) in [5.41, 5.74) is 3.82. The van der Waals surface area contributed by atoms with Gasteiger partial charge in [-0.05, 0) is 19.1 Å². The molecule has 2 aliphatic rings. The van der Waals surface area contributed by atoms with Gasteiger partial charge in [-0.25, -0.2) is 0 Å². The van der Waals surface area contributed by atoms with Crippen molar-refractivity contribution in [3.8, 4) is 0 Å². The van der Waals surface area contributed by atoms with Gasteiger partial charge < -0.3 is 15.0 Å². The van der Waals surface area contributed by atoms with Gasteiger partial charge in [0.25, 0.3) is 0 Å². The third-order valence-corrected chi connectivity index (χ3v) is 4.26. The van der Waals surface area contributed by atoms with Crippen molar-refractivity contribution in [1.29, 1.82) is 0 Å². The Balaban J connectivity index is 1.65. The van der Waals surface area contributed by atoms with Crippen molar-refractivity contribution in [3.63, 3.8) is 0 Å². The molecule has 2 fully saturated rings. The number of hydrogen-bond donors (Lipinski definition) is 2. The Hall–Kier alpha value is -3.14. The van der Waals surface area contributed by atoms with Gasteiger partial charge in [-0.1, -0.05) is 18.2 Å². The molecule has 0 aliphatic carbocycles. The standard InChI is InChI=1S/C17H21N5O5/c1-2-27-14(24)10-18-13(23)11-22-16(26)15(25)21-9-8-20(17(21)19-22)12-6-4-3-5-7-12/h3-7,17,19H,2,8-11H2,1H3,(H,18,23). The van der Waals surface area contributed by atoms with E-state index in [4.69, 9.17) is 4.74 Å². The molecule has 144 valence electrons. The molecular formula is C17H21N5O5. The maximum Gasteiger partial charge on any atom is 0.326 e. The molecule has 2 heterocycles. The number of hydrogen-bond acceptors (Lipinski definition) is 7. The second kappa shape index (κ2) is 8.04. The van der Waals surface area contributed by atoms with Crippen LogP contribution >= 0.6 is 0 Å². The molecule has 0 aromatic heterocycles. The summed E-state index contributed by atoms with van der Waals surface area (Å²) in [5, 5.41) is 3.34. The average Bonchev–Trinajstić information content (AvgIpc) is 3.09. The SMILES string of the molecule is CCOC(=O)CNC(=O)CN1NC2N(CCN2c2ccccc2)C(=O)C1=O. The van der Waals surface area contributed by atoms with E-state index in [1.54, 1.807) is 6.92 Å². The van der Waals surface area contributed by atoms with Gasteiger partial charge in [0.2, 0.25) is 5.91 Å². The summed E-state index contributed by atoms with van der Waals surface area (Å²) in [7, 11) is 0. The third-order valence-electron chi connectivity index (χ3n) is 4.26. The van der Waals surface area contributed by atoms with E-state index in [0.717, 1.165) is 10.7 Å². The molecule has 2 N–H and O–H groups in total. The lowest BCUT2D eigenvalue weighted by molar-refractivity contribution is -0.163. The summed E-state index contributed by atoms with van der Waals surface area (Å²) in [6, 6.07) is 9.47. The number of benzene rings is 1. The van der Waals surface area contributed by atoms with Crippen LogP contribution in [-0.4, -0.2) is 72.7 Å². The summed E-state index contributed by atoms with van der Waals surface area (Å²) in [4.78, 5) is 51.4. The summed E-state index contributed by atoms with van der Waals surface area (Å²) in [6.07, 6.45) is -0.560. The van der Waals surface area contributed by atoms with E-state index in [9.17, 15) is 19.2 Å². The van der Waals surface area contributed by atoms with Crippen LogP contribution in [0.4, 0.5) is 5.69 Å². The minimum Gasteiger partial charge on any atom is -0.465 e. The molecule has 1 aromatic carbocycles. The van der Waals surface area contributed by atoms with Gasteiger partial charge in [0, 0.05) is 18.8 Å². The Morgan fingerprint density at radius 3 is 2.56 bits per heavy atom. The van der Waals surface area contributed by atoms with Gasteiger partial charge in [0.05, 0.1) is 6.61 Å². The molecule has 3 rings (SSSR count). The van der Waals surface area contributed by atoms with Crippen LogP contribution in [0.25, 0.3) is 0 Å². The Morgan fingerprint density at radius 2 is 1.85 bits per heavy atom. The van der Waals surface area contributed by atoms with Crippen LogP contribution in [0.1, 0.15) is 6.92 Å². The normalized spacial score (nSPS) is 19.1. The highest BCUT2D eigenvalue weighted by Crippen LogP contribution is 2.24. The summed E-state index contributed by atoms with van der Waals surface area (Å²) >= 11 is 0. The highest BCUT2D eigenvalue weighted by atomic mass is 16.5. The number of carbonyl (C=O) groups is 4.